The van der Waals surface area contributed by atoms with E-state index in [9.17, 15) is 4.79 Å². The average Bonchev–Trinajstić information content (AvgIpc) is 2.84. The number of aryl methyl sites for hydroxylation is 2. The predicted molar refractivity (Wildman–Crippen MR) is 72.6 cm³/mol. The van der Waals surface area contributed by atoms with Crippen LogP contribution < -0.4 is 11.1 Å². The van der Waals surface area contributed by atoms with Crippen molar-refractivity contribution < 1.29 is 4.79 Å². The summed E-state index contributed by atoms with van der Waals surface area (Å²) in [6, 6.07) is 4.02. The molecular formula is C12H16N4OS. The van der Waals surface area contributed by atoms with E-state index in [1.165, 1.54) is 9.56 Å². The summed E-state index contributed by atoms with van der Waals surface area (Å²) in [5, 5.41) is 6.94. The summed E-state index contributed by atoms with van der Waals surface area (Å²) in [6.07, 6.45) is 1.62. The third-order valence-corrected chi connectivity index (χ3v) is 3.79. The van der Waals surface area contributed by atoms with Crippen LogP contribution >= 0.6 is 11.3 Å². The molecule has 2 heterocycles. The van der Waals surface area contributed by atoms with Crippen LogP contribution in [0.2, 0.25) is 0 Å². The van der Waals surface area contributed by atoms with Gasteiger partial charge in [-0.15, -0.1) is 11.3 Å². The van der Waals surface area contributed by atoms with Crippen molar-refractivity contribution in [2.75, 3.05) is 5.73 Å². The Bertz CT molecular complexity index is 572. The first-order valence-corrected chi connectivity index (χ1v) is 6.45. The van der Waals surface area contributed by atoms with Gasteiger partial charge >= 0.3 is 0 Å². The number of carbonyl (C=O) groups excluding carboxylic acids is 1. The van der Waals surface area contributed by atoms with Gasteiger partial charge in [-0.1, -0.05) is 0 Å². The van der Waals surface area contributed by atoms with Gasteiger partial charge < -0.3 is 11.1 Å². The number of hydrogen-bond acceptors (Lipinski definition) is 4. The Morgan fingerprint density at radius 1 is 1.56 bits per heavy atom. The Balaban J connectivity index is 2.10. The Hall–Kier alpha value is -1.82. The number of thiophene rings is 1. The van der Waals surface area contributed by atoms with Gasteiger partial charge in [0, 0.05) is 23.0 Å². The molecule has 96 valence electrons. The summed E-state index contributed by atoms with van der Waals surface area (Å²) in [7, 11) is 1.74. The quantitative estimate of drug-likeness (QED) is 0.888. The molecule has 0 aliphatic carbocycles. The molecule has 2 aromatic rings. The fraction of sp³-hybridized carbons (Fsp3) is 0.333. The Morgan fingerprint density at radius 2 is 2.28 bits per heavy atom. The van der Waals surface area contributed by atoms with Crippen molar-refractivity contribution in [1.29, 1.82) is 0 Å². The molecule has 2 aromatic heterocycles. The number of nitrogens with one attached hydrogen (secondary N) is 1. The molecule has 3 N–H and O–H groups in total. The van der Waals surface area contributed by atoms with Crippen LogP contribution in [0.25, 0.3) is 0 Å². The molecule has 2 rings (SSSR count). The largest absolute Gasteiger partial charge is 0.396 e. The van der Waals surface area contributed by atoms with Gasteiger partial charge in [-0.25, -0.2) is 0 Å². The van der Waals surface area contributed by atoms with Crippen molar-refractivity contribution in [3.05, 3.63) is 33.8 Å². The number of aromatic nitrogens is 2. The molecule has 6 heteroatoms. The maximum Gasteiger partial charge on any atom is 0.274 e. The average molecular weight is 264 g/mol. The van der Waals surface area contributed by atoms with Crippen LogP contribution in [0, 0.1) is 6.92 Å². The van der Waals surface area contributed by atoms with Crippen LogP contribution in [0.5, 0.6) is 0 Å². The molecule has 5 nitrogen and oxygen atoms in total. The highest BCUT2D eigenvalue weighted by atomic mass is 32.1. The highest BCUT2D eigenvalue weighted by Crippen LogP contribution is 2.22. The predicted octanol–water partition coefficient (Wildman–Crippen LogP) is 1.86. The zero-order chi connectivity index (χ0) is 13.3. The highest BCUT2D eigenvalue weighted by molar-refractivity contribution is 7.12. The summed E-state index contributed by atoms with van der Waals surface area (Å²) < 4.78 is 1.53. The molecule has 1 unspecified atom stereocenters. The maximum absolute atomic E-state index is 12.0. The topological polar surface area (TPSA) is 72.9 Å². The SMILES string of the molecule is Cc1ccc(C(C)NC(=O)c2nn(C)cc2N)s1. The van der Waals surface area contributed by atoms with Crippen molar-refractivity contribution >= 4 is 22.9 Å². The van der Waals surface area contributed by atoms with Crippen LogP contribution in [0.1, 0.15) is 33.2 Å². The summed E-state index contributed by atoms with van der Waals surface area (Å²) >= 11 is 1.67. The number of nitrogen functional groups attached to an aromatic ring is 1. The molecule has 0 spiro atoms. The van der Waals surface area contributed by atoms with Crippen molar-refractivity contribution in [3.8, 4) is 0 Å². The van der Waals surface area contributed by atoms with Gasteiger partial charge in [-0.2, -0.15) is 5.10 Å². The number of nitrogens with zero attached hydrogens (tertiary/aromatic N) is 2. The summed E-state index contributed by atoms with van der Waals surface area (Å²) in [6.45, 7) is 3.99. The molecule has 1 amide bonds. The minimum absolute atomic E-state index is 0.0439. The molecule has 0 bridgehead atoms. The lowest BCUT2D eigenvalue weighted by Gasteiger charge is -2.11. The fourth-order valence-electron chi connectivity index (χ4n) is 1.71. The van der Waals surface area contributed by atoms with Crippen molar-refractivity contribution in [2.45, 2.75) is 19.9 Å². The Morgan fingerprint density at radius 3 is 2.78 bits per heavy atom. The second-order valence-electron chi connectivity index (χ2n) is 4.25. The first-order valence-electron chi connectivity index (χ1n) is 5.63. The zero-order valence-electron chi connectivity index (χ0n) is 10.6. The van der Waals surface area contributed by atoms with E-state index < -0.39 is 0 Å². The number of hydrogen-bond donors (Lipinski definition) is 2. The van der Waals surface area contributed by atoms with E-state index in [0.29, 0.717) is 5.69 Å². The van der Waals surface area contributed by atoms with Crippen molar-refractivity contribution in [3.63, 3.8) is 0 Å². The molecule has 0 fully saturated rings. The Kier molecular flexibility index (Phi) is 3.38. The van der Waals surface area contributed by atoms with Gasteiger partial charge in [0.15, 0.2) is 5.69 Å². The smallest absolute Gasteiger partial charge is 0.274 e. The molecule has 0 aliphatic rings. The number of carbonyl (C=O) groups is 1. The molecule has 0 radical (unpaired) electrons. The standard InChI is InChI=1S/C12H16N4OS/c1-7-4-5-10(18-7)8(2)14-12(17)11-9(13)6-16(3)15-11/h4-6,8H,13H2,1-3H3,(H,14,17). The molecule has 0 aromatic carbocycles. The molecule has 0 saturated heterocycles. The second kappa shape index (κ2) is 4.81. The summed E-state index contributed by atoms with van der Waals surface area (Å²) in [4.78, 5) is 14.4. The first kappa shape index (κ1) is 12.6. The molecule has 1 atom stereocenters. The number of rotatable bonds is 3. The lowest BCUT2D eigenvalue weighted by atomic mass is 10.2. The zero-order valence-corrected chi connectivity index (χ0v) is 11.4. The second-order valence-corrected chi connectivity index (χ2v) is 5.57. The van der Waals surface area contributed by atoms with Crippen LogP contribution in [-0.2, 0) is 7.05 Å². The Labute approximate surface area is 110 Å². The van der Waals surface area contributed by atoms with Gasteiger partial charge in [0.2, 0.25) is 0 Å². The van der Waals surface area contributed by atoms with Gasteiger partial charge in [-0.3, -0.25) is 9.48 Å². The fourth-order valence-corrected chi connectivity index (χ4v) is 2.59. The maximum atomic E-state index is 12.0. The van der Waals surface area contributed by atoms with Crippen LogP contribution in [-0.4, -0.2) is 15.7 Å². The highest BCUT2D eigenvalue weighted by Gasteiger charge is 2.17. The van der Waals surface area contributed by atoms with E-state index in [4.69, 9.17) is 5.73 Å². The lowest BCUT2D eigenvalue weighted by molar-refractivity contribution is 0.0935. The molecule has 18 heavy (non-hydrogen) atoms. The van der Waals surface area contributed by atoms with E-state index >= 15 is 0 Å². The lowest BCUT2D eigenvalue weighted by Crippen LogP contribution is -2.27. The van der Waals surface area contributed by atoms with Crippen LogP contribution in [0.15, 0.2) is 18.3 Å². The number of nitrogens with two attached hydrogens (primary N) is 1. The number of anilines is 1. The van der Waals surface area contributed by atoms with E-state index in [-0.39, 0.29) is 17.6 Å². The number of amides is 1. The monoisotopic (exact) mass is 264 g/mol. The van der Waals surface area contributed by atoms with Crippen molar-refractivity contribution in [2.24, 2.45) is 7.05 Å². The minimum Gasteiger partial charge on any atom is -0.396 e. The molecular weight excluding hydrogens is 248 g/mol. The molecule has 0 saturated carbocycles. The van der Waals surface area contributed by atoms with Gasteiger partial charge in [0.1, 0.15) is 0 Å². The normalized spacial score (nSPS) is 12.4. The molecule has 0 aliphatic heterocycles. The summed E-state index contributed by atoms with van der Waals surface area (Å²) in [5.41, 5.74) is 6.39. The third kappa shape index (κ3) is 2.53. The van der Waals surface area contributed by atoms with Gasteiger partial charge in [0.25, 0.3) is 5.91 Å². The van der Waals surface area contributed by atoms with Crippen LogP contribution in [0.4, 0.5) is 5.69 Å². The van der Waals surface area contributed by atoms with E-state index in [1.54, 1.807) is 24.6 Å². The third-order valence-electron chi connectivity index (χ3n) is 2.61. The van der Waals surface area contributed by atoms with Crippen molar-refractivity contribution in [1.82, 2.24) is 15.1 Å². The first-order chi connectivity index (χ1) is 8.47. The van der Waals surface area contributed by atoms with Crippen LogP contribution in [0.3, 0.4) is 0 Å². The van der Waals surface area contributed by atoms with E-state index in [2.05, 4.69) is 10.4 Å². The van der Waals surface area contributed by atoms with Gasteiger partial charge in [0.05, 0.1) is 11.7 Å². The van der Waals surface area contributed by atoms with Gasteiger partial charge in [-0.05, 0) is 26.0 Å². The minimum atomic E-state index is -0.244. The summed E-state index contributed by atoms with van der Waals surface area (Å²) in [5.74, 6) is -0.244. The van der Waals surface area contributed by atoms with E-state index in [1.807, 2.05) is 26.0 Å². The van der Waals surface area contributed by atoms with E-state index in [0.717, 1.165) is 4.88 Å².